The van der Waals surface area contributed by atoms with E-state index < -0.39 is 0 Å². The Bertz CT molecular complexity index is 3130. The van der Waals surface area contributed by atoms with E-state index >= 15 is 0 Å². The fraction of sp³-hybridized carbons (Fsp3) is 0. The number of fused-ring (bicyclic) bond motifs is 9. The molecule has 3 heterocycles. The third-order valence-corrected chi connectivity index (χ3v) is 10.7. The predicted molar refractivity (Wildman–Crippen MR) is 197 cm³/mol. The van der Waals surface area contributed by atoms with Gasteiger partial charge < -0.3 is 0 Å². The Morgan fingerprint density at radius 3 is 2.34 bits per heavy atom. The van der Waals surface area contributed by atoms with Crippen LogP contribution in [-0.4, -0.2) is 18.5 Å². The molecular formula is C39H17Br2N5O. The van der Waals surface area contributed by atoms with Crippen LogP contribution in [0.4, 0.5) is 0 Å². The van der Waals surface area contributed by atoms with Crippen molar-refractivity contribution in [2.75, 3.05) is 0 Å². The van der Waals surface area contributed by atoms with E-state index in [0.717, 1.165) is 53.5 Å². The molecule has 47 heavy (non-hydrogen) atoms. The number of hydrogen-bond donors (Lipinski definition) is 0. The first-order chi connectivity index (χ1) is 23.0. The molecule has 0 aliphatic carbocycles. The molecule has 0 amide bonds. The van der Waals surface area contributed by atoms with E-state index in [1.54, 1.807) is 6.20 Å². The maximum atomic E-state index is 13.3. The lowest BCUT2D eigenvalue weighted by atomic mass is 9.91. The van der Waals surface area contributed by atoms with Crippen LogP contribution in [0.1, 0.15) is 5.56 Å². The van der Waals surface area contributed by atoms with Crippen LogP contribution in [0, 0.1) is 11.3 Å². The SMILES string of the molecule is N#Cc1c(-c2ccccc2)c2nc3c4cccnc4c4c(cc5c6ccc7cccc8c(Br)cc(cc5n4Br)c6c78)c3nc2cc1=O. The minimum atomic E-state index is -0.379. The summed E-state index contributed by atoms with van der Waals surface area (Å²) >= 11 is 7.78. The molecule has 3 aromatic heterocycles. The molecular weight excluding hydrogens is 714 g/mol. The van der Waals surface area contributed by atoms with Crippen molar-refractivity contribution in [2.45, 2.75) is 0 Å². The lowest BCUT2D eigenvalue weighted by molar-refractivity contribution is 1.35. The van der Waals surface area contributed by atoms with Gasteiger partial charge in [-0.05, 0) is 68.2 Å². The Balaban J connectivity index is 1.44. The second-order valence-corrected chi connectivity index (χ2v) is 13.3. The molecule has 0 aliphatic rings. The van der Waals surface area contributed by atoms with Gasteiger partial charge in [-0.3, -0.25) is 13.4 Å². The third-order valence-electron chi connectivity index (χ3n) is 9.32. The Morgan fingerprint density at radius 1 is 0.681 bits per heavy atom. The van der Waals surface area contributed by atoms with Crippen LogP contribution in [0.25, 0.3) is 98.2 Å². The molecule has 0 fully saturated rings. The van der Waals surface area contributed by atoms with Crippen molar-refractivity contribution in [3.8, 4) is 17.2 Å². The molecule has 0 bridgehead atoms. The smallest absolute Gasteiger partial charge is 0.199 e. The number of aromatic nitrogens is 4. The molecule has 7 aromatic carbocycles. The van der Waals surface area contributed by atoms with Gasteiger partial charge in [-0.2, -0.15) is 5.26 Å². The van der Waals surface area contributed by atoms with E-state index in [1.807, 2.05) is 46.1 Å². The van der Waals surface area contributed by atoms with Gasteiger partial charge in [0.05, 0.1) is 54.8 Å². The highest BCUT2D eigenvalue weighted by atomic mass is 79.9. The molecule has 0 N–H and O–H groups in total. The van der Waals surface area contributed by atoms with Gasteiger partial charge >= 0.3 is 0 Å². The first-order valence-electron chi connectivity index (χ1n) is 14.9. The van der Waals surface area contributed by atoms with Crippen molar-refractivity contribution in [3.63, 3.8) is 0 Å². The zero-order valence-electron chi connectivity index (χ0n) is 24.2. The largest absolute Gasteiger partial charge is 0.288 e. The van der Waals surface area contributed by atoms with Crippen LogP contribution in [0.5, 0.6) is 0 Å². The van der Waals surface area contributed by atoms with Gasteiger partial charge in [-0.15, -0.1) is 0 Å². The maximum Gasteiger partial charge on any atom is 0.199 e. The highest BCUT2D eigenvalue weighted by Gasteiger charge is 2.22. The summed E-state index contributed by atoms with van der Waals surface area (Å²) < 4.78 is 3.07. The van der Waals surface area contributed by atoms with E-state index in [9.17, 15) is 10.1 Å². The lowest BCUT2D eigenvalue weighted by Gasteiger charge is -2.18. The summed E-state index contributed by atoms with van der Waals surface area (Å²) in [5, 5.41) is 19.8. The minimum Gasteiger partial charge on any atom is -0.288 e. The molecule has 0 saturated carbocycles. The Labute approximate surface area is 282 Å². The summed E-state index contributed by atoms with van der Waals surface area (Å²) in [5.74, 6) is 0. The van der Waals surface area contributed by atoms with Gasteiger partial charge in [0.15, 0.2) is 5.43 Å². The number of halogens is 2. The number of nitriles is 1. The lowest BCUT2D eigenvalue weighted by Crippen LogP contribution is -2.09. The van der Waals surface area contributed by atoms with Gasteiger partial charge in [0.2, 0.25) is 0 Å². The molecule has 0 radical (unpaired) electrons. The van der Waals surface area contributed by atoms with E-state index in [-0.39, 0.29) is 11.0 Å². The minimum absolute atomic E-state index is 0.0564. The number of pyridine rings is 2. The van der Waals surface area contributed by atoms with Crippen molar-refractivity contribution >= 4 is 119 Å². The quantitative estimate of drug-likeness (QED) is 0.124. The fourth-order valence-corrected chi connectivity index (χ4v) is 8.58. The molecule has 218 valence electrons. The first kappa shape index (κ1) is 26.7. The maximum absolute atomic E-state index is 13.3. The molecule has 6 nitrogen and oxygen atoms in total. The van der Waals surface area contributed by atoms with Crippen LogP contribution in [0.15, 0.2) is 113 Å². The van der Waals surface area contributed by atoms with Gasteiger partial charge in [0, 0.05) is 38.5 Å². The summed E-state index contributed by atoms with van der Waals surface area (Å²) in [5.41, 5.74) is 5.75. The number of rotatable bonds is 1. The highest BCUT2D eigenvalue weighted by Crippen LogP contribution is 2.44. The second-order valence-electron chi connectivity index (χ2n) is 11.8. The number of benzene rings is 7. The van der Waals surface area contributed by atoms with Crippen LogP contribution < -0.4 is 5.43 Å². The van der Waals surface area contributed by atoms with Crippen molar-refractivity contribution in [2.24, 2.45) is 0 Å². The standard InChI is InChI=1S/C39H17Br2N5O/c40-28-14-21-15-30-25(22-12-11-20-8-4-9-23(28)32(20)33(21)22)16-26-36-35(24-10-5-13-43-37(24)39(26)46(30)41)45-38-29(44-36)17-31(47)27(18-42)34(38)19-6-2-1-3-7-19/h1-17H. The molecule has 10 rings (SSSR count). The summed E-state index contributed by atoms with van der Waals surface area (Å²) in [6.07, 6.45) is 1.78. The van der Waals surface area contributed by atoms with Crippen LogP contribution in [0.2, 0.25) is 0 Å². The second kappa shape index (κ2) is 9.52. The molecule has 10 aromatic rings. The van der Waals surface area contributed by atoms with Crippen molar-refractivity contribution in [1.82, 2.24) is 18.5 Å². The average Bonchev–Trinajstić information content (AvgIpc) is 3.10. The van der Waals surface area contributed by atoms with E-state index in [4.69, 9.17) is 15.0 Å². The highest BCUT2D eigenvalue weighted by molar-refractivity contribution is 9.10. The van der Waals surface area contributed by atoms with Crippen molar-refractivity contribution in [1.29, 1.82) is 5.26 Å². The topological polar surface area (TPSA) is 84.5 Å². The average molecular weight is 731 g/mol. The first-order valence-corrected chi connectivity index (χ1v) is 16.4. The number of hydrogen-bond acceptors (Lipinski definition) is 5. The normalized spacial score (nSPS) is 12.1. The van der Waals surface area contributed by atoms with E-state index in [2.05, 4.69) is 86.7 Å². The van der Waals surface area contributed by atoms with Crippen LogP contribution in [0.3, 0.4) is 0 Å². The molecule has 0 unspecified atom stereocenters. The summed E-state index contributed by atoms with van der Waals surface area (Å²) in [6.45, 7) is 0. The summed E-state index contributed by atoms with van der Waals surface area (Å²) in [7, 11) is 0. The Hall–Kier alpha value is -5.49. The zero-order valence-corrected chi connectivity index (χ0v) is 27.4. The van der Waals surface area contributed by atoms with E-state index in [0.29, 0.717) is 27.6 Å². The predicted octanol–water partition coefficient (Wildman–Crippen LogP) is 10.2. The summed E-state index contributed by atoms with van der Waals surface area (Å²) in [6, 6.07) is 34.3. The van der Waals surface area contributed by atoms with Crippen LogP contribution >= 0.6 is 32.1 Å². The van der Waals surface area contributed by atoms with Gasteiger partial charge in [-0.25, -0.2) is 9.97 Å². The molecule has 0 atom stereocenters. The molecule has 0 aliphatic heterocycles. The van der Waals surface area contributed by atoms with Gasteiger partial charge in [-0.1, -0.05) is 76.6 Å². The Kier molecular flexibility index (Phi) is 5.41. The van der Waals surface area contributed by atoms with Crippen molar-refractivity contribution in [3.05, 3.63) is 124 Å². The fourth-order valence-electron chi connectivity index (χ4n) is 7.35. The van der Waals surface area contributed by atoms with Gasteiger partial charge in [0.1, 0.15) is 11.6 Å². The molecule has 0 saturated heterocycles. The molecule has 0 spiro atoms. The van der Waals surface area contributed by atoms with Gasteiger partial charge in [0.25, 0.3) is 0 Å². The third kappa shape index (κ3) is 3.53. The Morgan fingerprint density at radius 2 is 1.49 bits per heavy atom. The van der Waals surface area contributed by atoms with E-state index in [1.165, 1.54) is 27.6 Å². The zero-order chi connectivity index (χ0) is 31.6. The van der Waals surface area contributed by atoms with Crippen molar-refractivity contribution < 1.29 is 0 Å². The molecule has 8 heteroatoms. The monoisotopic (exact) mass is 729 g/mol. The number of nitrogens with zero attached hydrogens (tertiary/aromatic N) is 5. The van der Waals surface area contributed by atoms with Crippen LogP contribution in [-0.2, 0) is 0 Å². The summed E-state index contributed by atoms with van der Waals surface area (Å²) in [4.78, 5) is 28.6.